The second-order valence-corrected chi connectivity index (χ2v) is 13.4. The number of rotatable bonds is 7. The Bertz CT molecular complexity index is 1520. The Morgan fingerprint density at radius 2 is 0.913 bits per heavy atom. The summed E-state index contributed by atoms with van der Waals surface area (Å²) in [5, 5.41) is 1.37. The van der Waals surface area contributed by atoms with E-state index in [2.05, 4.69) is 9.80 Å². The highest BCUT2D eigenvalue weighted by Gasteiger charge is 2.37. The van der Waals surface area contributed by atoms with Gasteiger partial charge in [0.15, 0.2) is 0 Å². The summed E-state index contributed by atoms with van der Waals surface area (Å²) in [6.45, 7) is 3.12. The van der Waals surface area contributed by atoms with Crippen molar-refractivity contribution in [2.75, 3.05) is 40.3 Å². The minimum Gasteiger partial charge on any atom is -0.426 e. The molecule has 6 nitrogen and oxygen atoms in total. The zero-order chi connectivity index (χ0) is 32.2. The van der Waals surface area contributed by atoms with Gasteiger partial charge < -0.3 is 19.3 Å². The molecule has 0 amide bonds. The number of nitrogens with zero attached hydrogens (tertiary/aromatic N) is 2. The van der Waals surface area contributed by atoms with E-state index in [0.717, 1.165) is 48.2 Å². The summed E-state index contributed by atoms with van der Waals surface area (Å²) in [5.41, 5.74) is 4.14. The van der Waals surface area contributed by atoms with Gasteiger partial charge in [-0.2, -0.15) is 0 Å². The highest BCUT2D eigenvalue weighted by atomic mass is 35.5. The molecule has 2 aliphatic rings. The second-order valence-electron chi connectivity index (χ2n) is 12.5. The van der Waals surface area contributed by atoms with Gasteiger partial charge in [0.25, 0.3) is 0 Å². The first-order chi connectivity index (χ1) is 22.2. The fraction of sp³-hybridized carbons (Fsp3) is 0.316. The standard InChI is InChI=1S/C38H38Cl2N2O4/c1-41-21-19-33(27-3-11-29(39)12-4-27)35(23-41)37(43)45-31-15-7-25(8-16-31)26-9-17-32(18-10-26)46-38(44)36-24-42(2)22-20-34(36)28-5-13-30(40)14-6-28/h3-18,33-36H,19-24H2,1-2H3/t33-,34-,35+,36+/m1/s1. The van der Waals surface area contributed by atoms with E-state index in [-0.39, 0.29) is 35.6 Å². The molecule has 6 rings (SSSR count). The Morgan fingerprint density at radius 1 is 0.565 bits per heavy atom. The summed E-state index contributed by atoms with van der Waals surface area (Å²) in [6.07, 6.45) is 1.76. The minimum absolute atomic E-state index is 0.0789. The van der Waals surface area contributed by atoms with Gasteiger partial charge in [-0.3, -0.25) is 9.59 Å². The van der Waals surface area contributed by atoms with E-state index < -0.39 is 0 Å². The van der Waals surface area contributed by atoms with Crippen molar-refractivity contribution in [3.8, 4) is 22.6 Å². The molecule has 238 valence electrons. The molecule has 0 saturated carbocycles. The van der Waals surface area contributed by atoms with Crippen molar-refractivity contribution in [2.45, 2.75) is 24.7 Å². The van der Waals surface area contributed by atoms with Crippen LogP contribution in [0.4, 0.5) is 0 Å². The smallest absolute Gasteiger partial charge is 0.316 e. The van der Waals surface area contributed by atoms with Gasteiger partial charge in [0, 0.05) is 23.1 Å². The Balaban J connectivity index is 1.09. The van der Waals surface area contributed by atoms with Gasteiger partial charge in [0.1, 0.15) is 11.5 Å². The van der Waals surface area contributed by atoms with Gasteiger partial charge in [-0.15, -0.1) is 0 Å². The van der Waals surface area contributed by atoms with Gasteiger partial charge >= 0.3 is 11.9 Å². The van der Waals surface area contributed by atoms with Crippen LogP contribution in [0.2, 0.25) is 10.0 Å². The molecule has 2 aliphatic heterocycles. The van der Waals surface area contributed by atoms with Gasteiger partial charge in [-0.25, -0.2) is 0 Å². The van der Waals surface area contributed by atoms with Crippen molar-refractivity contribution in [2.24, 2.45) is 11.8 Å². The van der Waals surface area contributed by atoms with E-state index >= 15 is 0 Å². The first-order valence-corrected chi connectivity index (χ1v) is 16.5. The van der Waals surface area contributed by atoms with Gasteiger partial charge in [-0.1, -0.05) is 71.7 Å². The van der Waals surface area contributed by atoms with Crippen molar-refractivity contribution < 1.29 is 19.1 Å². The topological polar surface area (TPSA) is 59.1 Å². The van der Waals surface area contributed by atoms with Crippen molar-refractivity contribution in [3.63, 3.8) is 0 Å². The van der Waals surface area contributed by atoms with Crippen molar-refractivity contribution in [1.82, 2.24) is 9.80 Å². The third-order valence-electron chi connectivity index (χ3n) is 9.31. The van der Waals surface area contributed by atoms with Crippen LogP contribution < -0.4 is 9.47 Å². The van der Waals surface area contributed by atoms with E-state index in [0.29, 0.717) is 34.6 Å². The first-order valence-electron chi connectivity index (χ1n) is 15.8. The van der Waals surface area contributed by atoms with Crippen LogP contribution in [0.25, 0.3) is 11.1 Å². The fourth-order valence-electron chi connectivity index (χ4n) is 6.74. The Morgan fingerprint density at radius 3 is 1.26 bits per heavy atom. The van der Waals surface area contributed by atoms with Crippen LogP contribution in [-0.2, 0) is 9.59 Å². The minimum atomic E-state index is -0.273. The molecule has 2 heterocycles. The molecule has 0 unspecified atom stereocenters. The lowest BCUT2D eigenvalue weighted by molar-refractivity contribution is -0.142. The van der Waals surface area contributed by atoms with E-state index in [9.17, 15) is 9.59 Å². The number of carbonyl (C=O) groups is 2. The van der Waals surface area contributed by atoms with Crippen LogP contribution in [0, 0.1) is 11.8 Å². The summed E-state index contributed by atoms with van der Waals surface area (Å²) < 4.78 is 11.8. The molecule has 0 bridgehead atoms. The van der Waals surface area contributed by atoms with Gasteiger partial charge in [0.2, 0.25) is 0 Å². The SMILES string of the molecule is CN1CC[C@H](c2ccc(Cl)cc2)[C@@H](C(=O)Oc2ccc(-c3ccc(OC(=O)[C@H]4CN(C)CC[C@@H]4c4ccc(Cl)cc4)cc3)cc2)C1. The van der Waals surface area contributed by atoms with Crippen LogP contribution in [0.3, 0.4) is 0 Å². The van der Waals surface area contributed by atoms with Crippen LogP contribution in [0.15, 0.2) is 97.1 Å². The van der Waals surface area contributed by atoms with E-state index in [1.54, 1.807) is 0 Å². The molecule has 0 aromatic heterocycles. The number of piperidine rings is 2. The maximum Gasteiger partial charge on any atom is 0.316 e. The van der Waals surface area contributed by atoms with Crippen molar-refractivity contribution >= 4 is 35.1 Å². The highest BCUT2D eigenvalue weighted by Crippen LogP contribution is 2.36. The average molecular weight is 658 g/mol. The monoisotopic (exact) mass is 656 g/mol. The number of halogens is 2. The number of hydrogen-bond acceptors (Lipinski definition) is 6. The van der Waals surface area contributed by atoms with Crippen LogP contribution in [-0.4, -0.2) is 62.0 Å². The quantitative estimate of drug-likeness (QED) is 0.149. The Labute approximate surface area is 280 Å². The molecule has 8 heteroatoms. The zero-order valence-electron chi connectivity index (χ0n) is 26.1. The molecule has 0 aliphatic carbocycles. The number of hydrogen-bond donors (Lipinski definition) is 0. The lowest BCUT2D eigenvalue weighted by Crippen LogP contribution is -2.42. The molecule has 2 saturated heterocycles. The van der Waals surface area contributed by atoms with Crippen molar-refractivity contribution in [1.29, 1.82) is 0 Å². The maximum atomic E-state index is 13.4. The number of esters is 2. The summed E-state index contributed by atoms with van der Waals surface area (Å²) in [4.78, 5) is 31.1. The average Bonchev–Trinajstić information content (AvgIpc) is 3.06. The lowest BCUT2D eigenvalue weighted by Gasteiger charge is -2.35. The molecule has 46 heavy (non-hydrogen) atoms. The largest absolute Gasteiger partial charge is 0.426 e. The summed E-state index contributed by atoms with van der Waals surface area (Å²) in [7, 11) is 4.07. The molecule has 0 spiro atoms. The number of ether oxygens (including phenoxy) is 2. The Kier molecular flexibility index (Phi) is 10.1. The summed E-state index contributed by atoms with van der Waals surface area (Å²) >= 11 is 12.2. The Hall–Kier alpha value is -3.68. The molecule has 4 atom stereocenters. The molecular formula is C38H38Cl2N2O4. The van der Waals surface area contributed by atoms with Gasteiger partial charge in [0.05, 0.1) is 11.8 Å². The molecule has 2 fully saturated rings. The van der Waals surface area contributed by atoms with Crippen molar-refractivity contribution in [3.05, 3.63) is 118 Å². The van der Waals surface area contributed by atoms with E-state index in [1.807, 2.05) is 111 Å². The second kappa shape index (κ2) is 14.4. The third-order valence-corrected chi connectivity index (χ3v) is 9.82. The van der Waals surface area contributed by atoms with Crippen LogP contribution in [0.5, 0.6) is 11.5 Å². The molecule has 0 N–H and O–H groups in total. The maximum absolute atomic E-state index is 13.4. The third kappa shape index (κ3) is 7.64. The molecule has 0 radical (unpaired) electrons. The summed E-state index contributed by atoms with van der Waals surface area (Å²) in [6, 6.07) is 30.5. The normalized spacial score (nSPS) is 22.3. The van der Waals surface area contributed by atoms with Gasteiger partial charge in [-0.05, 0) is 123 Å². The van der Waals surface area contributed by atoms with Crippen LogP contribution >= 0.6 is 23.2 Å². The zero-order valence-corrected chi connectivity index (χ0v) is 27.6. The van der Waals surface area contributed by atoms with Crippen LogP contribution in [0.1, 0.15) is 35.8 Å². The fourth-order valence-corrected chi connectivity index (χ4v) is 6.99. The molecule has 4 aromatic carbocycles. The molecule has 4 aromatic rings. The lowest BCUT2D eigenvalue weighted by atomic mass is 9.80. The van der Waals surface area contributed by atoms with E-state index in [1.165, 1.54) is 0 Å². The summed E-state index contributed by atoms with van der Waals surface area (Å²) in [5.74, 6) is 0.173. The number of carbonyl (C=O) groups excluding carboxylic acids is 2. The first kappa shape index (κ1) is 32.3. The predicted octanol–water partition coefficient (Wildman–Crippen LogP) is 7.94. The predicted molar refractivity (Wildman–Crippen MR) is 183 cm³/mol. The number of benzene rings is 4. The molecular weight excluding hydrogens is 619 g/mol. The number of likely N-dealkylation sites (tertiary alicyclic amines) is 2. The van der Waals surface area contributed by atoms with E-state index in [4.69, 9.17) is 32.7 Å². The highest BCUT2D eigenvalue weighted by molar-refractivity contribution is 6.30.